The first-order valence-corrected chi connectivity index (χ1v) is 6.55. The monoisotopic (exact) mass is 259 g/mol. The van der Waals surface area contributed by atoms with E-state index in [2.05, 4.69) is 22.4 Å². The van der Waals surface area contributed by atoms with Crippen LogP contribution in [0.15, 0.2) is 29.6 Å². The molecular weight excluding hydrogens is 246 g/mol. The Morgan fingerprint density at radius 3 is 2.94 bits per heavy atom. The van der Waals surface area contributed by atoms with Crippen molar-refractivity contribution >= 4 is 17.0 Å². The number of amides is 1. The minimum Gasteiger partial charge on any atom is -0.343 e. The third-order valence-corrected chi connectivity index (χ3v) is 4.08. The standard InChI is InChI=1S/C13H13N3OS/c1-8-3-11(16-6-9(2)15-7-16)4-10-5-14-13(17)18-12(8)10/h3-4,6-7H,5H2,1-2H3,(H,14,17). The third kappa shape index (κ3) is 1.90. The molecular formula is C13H13N3OS. The minimum absolute atomic E-state index is 0.0248. The van der Waals surface area contributed by atoms with Crippen molar-refractivity contribution in [1.82, 2.24) is 14.9 Å². The zero-order chi connectivity index (χ0) is 12.7. The van der Waals surface area contributed by atoms with E-state index in [1.165, 1.54) is 17.3 Å². The molecule has 1 amide bonds. The highest BCUT2D eigenvalue weighted by Crippen LogP contribution is 2.32. The highest BCUT2D eigenvalue weighted by atomic mass is 32.2. The highest BCUT2D eigenvalue weighted by Gasteiger charge is 2.18. The largest absolute Gasteiger partial charge is 0.343 e. The lowest BCUT2D eigenvalue weighted by molar-refractivity contribution is 0.260. The zero-order valence-electron chi connectivity index (χ0n) is 10.2. The van der Waals surface area contributed by atoms with Crippen LogP contribution in [0.5, 0.6) is 0 Å². The van der Waals surface area contributed by atoms with Crippen molar-refractivity contribution in [3.63, 3.8) is 0 Å². The predicted octanol–water partition coefficient (Wildman–Crippen LogP) is 2.80. The molecule has 0 bridgehead atoms. The van der Waals surface area contributed by atoms with Gasteiger partial charge in [0.2, 0.25) is 0 Å². The van der Waals surface area contributed by atoms with Gasteiger partial charge in [0.15, 0.2) is 0 Å². The van der Waals surface area contributed by atoms with E-state index in [1.54, 1.807) is 0 Å². The van der Waals surface area contributed by atoms with Crippen molar-refractivity contribution in [2.75, 3.05) is 0 Å². The molecule has 2 heterocycles. The van der Waals surface area contributed by atoms with Crippen LogP contribution in [0.4, 0.5) is 4.79 Å². The van der Waals surface area contributed by atoms with E-state index in [0.29, 0.717) is 6.54 Å². The summed E-state index contributed by atoms with van der Waals surface area (Å²) in [7, 11) is 0. The maximum Gasteiger partial charge on any atom is 0.284 e. The topological polar surface area (TPSA) is 46.9 Å². The van der Waals surface area contributed by atoms with Crippen molar-refractivity contribution in [3.8, 4) is 5.69 Å². The molecule has 0 aliphatic carbocycles. The Hall–Kier alpha value is -1.75. The Kier molecular flexibility index (Phi) is 2.63. The van der Waals surface area contributed by atoms with E-state index in [9.17, 15) is 4.79 Å². The molecule has 0 saturated carbocycles. The summed E-state index contributed by atoms with van der Waals surface area (Å²) in [5, 5.41) is 2.87. The summed E-state index contributed by atoms with van der Waals surface area (Å²) in [5.74, 6) is 0. The van der Waals surface area contributed by atoms with Crippen molar-refractivity contribution in [2.24, 2.45) is 0 Å². The van der Waals surface area contributed by atoms with Gasteiger partial charge in [-0.05, 0) is 48.9 Å². The van der Waals surface area contributed by atoms with E-state index in [1.807, 2.05) is 30.9 Å². The molecule has 1 aliphatic rings. The maximum atomic E-state index is 11.4. The fourth-order valence-corrected chi connectivity index (χ4v) is 2.92. The fraction of sp³-hybridized carbons (Fsp3) is 0.231. The molecule has 0 spiro atoms. The Labute approximate surface area is 109 Å². The molecule has 4 nitrogen and oxygen atoms in total. The van der Waals surface area contributed by atoms with Crippen LogP contribution >= 0.6 is 11.8 Å². The van der Waals surface area contributed by atoms with Crippen LogP contribution in [0.25, 0.3) is 5.69 Å². The number of hydrogen-bond acceptors (Lipinski definition) is 3. The number of imidazole rings is 1. The van der Waals surface area contributed by atoms with Crippen LogP contribution in [0, 0.1) is 13.8 Å². The number of fused-ring (bicyclic) bond motifs is 1. The summed E-state index contributed by atoms with van der Waals surface area (Å²) in [6.07, 6.45) is 3.81. The van der Waals surface area contributed by atoms with Crippen molar-refractivity contribution in [1.29, 1.82) is 0 Å². The van der Waals surface area contributed by atoms with Crippen LogP contribution in [0.2, 0.25) is 0 Å². The molecule has 0 fully saturated rings. The SMILES string of the molecule is Cc1cn(-c2cc(C)c3c(c2)CNC(=O)S3)cn1. The average molecular weight is 259 g/mol. The lowest BCUT2D eigenvalue weighted by atomic mass is 10.1. The number of nitrogens with zero attached hydrogens (tertiary/aromatic N) is 2. The second-order valence-corrected chi connectivity index (χ2v) is 5.40. The number of thioether (sulfide) groups is 1. The van der Waals surface area contributed by atoms with E-state index in [-0.39, 0.29) is 5.24 Å². The smallest absolute Gasteiger partial charge is 0.284 e. The second kappa shape index (κ2) is 4.17. The van der Waals surface area contributed by atoms with Crippen molar-refractivity contribution in [2.45, 2.75) is 25.3 Å². The molecule has 1 aromatic heterocycles. The lowest BCUT2D eigenvalue weighted by Crippen LogP contribution is -2.23. The van der Waals surface area contributed by atoms with Crippen LogP contribution < -0.4 is 5.32 Å². The van der Waals surface area contributed by atoms with E-state index in [4.69, 9.17) is 0 Å². The fourth-order valence-electron chi connectivity index (χ4n) is 2.11. The predicted molar refractivity (Wildman–Crippen MR) is 71.1 cm³/mol. The Bertz CT molecular complexity index is 633. The van der Waals surface area contributed by atoms with Gasteiger partial charge in [0.05, 0.1) is 12.0 Å². The van der Waals surface area contributed by atoms with Crippen LogP contribution in [-0.2, 0) is 6.54 Å². The van der Waals surface area contributed by atoms with Crippen LogP contribution in [0.1, 0.15) is 16.8 Å². The molecule has 1 N–H and O–H groups in total. The van der Waals surface area contributed by atoms with Gasteiger partial charge in [-0.15, -0.1) is 0 Å². The molecule has 0 unspecified atom stereocenters. The van der Waals surface area contributed by atoms with Gasteiger partial charge in [0.1, 0.15) is 0 Å². The molecule has 1 aromatic carbocycles. The number of aryl methyl sites for hydroxylation is 2. The molecule has 0 atom stereocenters. The third-order valence-electron chi connectivity index (χ3n) is 2.96. The molecule has 0 radical (unpaired) electrons. The Morgan fingerprint density at radius 1 is 1.39 bits per heavy atom. The van der Waals surface area contributed by atoms with Gasteiger partial charge in [-0.25, -0.2) is 4.98 Å². The first-order valence-electron chi connectivity index (χ1n) is 5.73. The molecule has 2 aromatic rings. The summed E-state index contributed by atoms with van der Waals surface area (Å²) in [6, 6.07) is 4.20. The normalized spacial score (nSPS) is 14.2. The van der Waals surface area contributed by atoms with Gasteiger partial charge in [0.25, 0.3) is 5.24 Å². The Morgan fingerprint density at radius 2 is 2.22 bits per heavy atom. The molecule has 18 heavy (non-hydrogen) atoms. The van der Waals surface area contributed by atoms with Gasteiger partial charge in [-0.3, -0.25) is 4.79 Å². The zero-order valence-corrected chi connectivity index (χ0v) is 11.0. The number of nitrogens with one attached hydrogen (secondary N) is 1. The molecule has 3 rings (SSSR count). The number of benzene rings is 1. The Balaban J connectivity index is 2.09. The van der Waals surface area contributed by atoms with Gasteiger partial charge >= 0.3 is 0 Å². The van der Waals surface area contributed by atoms with E-state index < -0.39 is 0 Å². The first-order chi connectivity index (χ1) is 8.63. The number of hydrogen-bond donors (Lipinski definition) is 1. The van der Waals surface area contributed by atoms with Gasteiger partial charge in [-0.1, -0.05) is 0 Å². The van der Waals surface area contributed by atoms with Gasteiger partial charge < -0.3 is 9.88 Å². The maximum absolute atomic E-state index is 11.4. The number of aromatic nitrogens is 2. The lowest BCUT2D eigenvalue weighted by Gasteiger charge is -2.19. The van der Waals surface area contributed by atoms with Crippen molar-refractivity contribution < 1.29 is 4.79 Å². The molecule has 92 valence electrons. The summed E-state index contributed by atoms with van der Waals surface area (Å²) in [4.78, 5) is 16.7. The molecule has 0 saturated heterocycles. The highest BCUT2D eigenvalue weighted by molar-refractivity contribution is 8.13. The molecule has 1 aliphatic heterocycles. The summed E-state index contributed by atoms with van der Waals surface area (Å²) < 4.78 is 2.00. The second-order valence-electron chi connectivity index (χ2n) is 4.42. The van der Waals surface area contributed by atoms with Crippen LogP contribution in [-0.4, -0.2) is 14.8 Å². The quantitative estimate of drug-likeness (QED) is 0.856. The minimum atomic E-state index is 0.0248. The first kappa shape index (κ1) is 11.3. The summed E-state index contributed by atoms with van der Waals surface area (Å²) in [5.41, 5.74) is 4.38. The number of carbonyl (C=O) groups is 1. The van der Waals surface area contributed by atoms with Crippen LogP contribution in [0.3, 0.4) is 0 Å². The number of carbonyl (C=O) groups excluding carboxylic acids is 1. The number of rotatable bonds is 1. The van der Waals surface area contributed by atoms with Gasteiger partial charge in [0, 0.05) is 23.3 Å². The van der Waals surface area contributed by atoms with Crippen molar-refractivity contribution in [3.05, 3.63) is 41.5 Å². The average Bonchev–Trinajstić information content (AvgIpc) is 2.77. The summed E-state index contributed by atoms with van der Waals surface area (Å²) >= 11 is 1.27. The van der Waals surface area contributed by atoms with E-state index in [0.717, 1.165) is 21.8 Å². The van der Waals surface area contributed by atoms with Gasteiger partial charge in [-0.2, -0.15) is 0 Å². The summed E-state index contributed by atoms with van der Waals surface area (Å²) in [6.45, 7) is 4.61. The van der Waals surface area contributed by atoms with E-state index >= 15 is 0 Å². The molecule has 5 heteroatoms.